The lowest BCUT2D eigenvalue weighted by molar-refractivity contribution is -0.944. The predicted octanol–water partition coefficient (Wildman–Crippen LogP) is 3.36. The Morgan fingerprint density at radius 1 is 0.846 bits per heavy atom. The Bertz CT molecular complexity index is 895. The number of quaternary nitrogens is 1. The van der Waals surface area contributed by atoms with E-state index in [2.05, 4.69) is 10.1 Å². The highest BCUT2D eigenvalue weighted by atomic mass is 35.5. The van der Waals surface area contributed by atoms with Crippen LogP contribution in [-0.4, -0.2) is 10.1 Å². The molecule has 0 fully saturated rings. The molecule has 0 aliphatic rings. The van der Waals surface area contributed by atoms with Crippen molar-refractivity contribution in [1.82, 2.24) is 10.1 Å². The van der Waals surface area contributed by atoms with E-state index in [4.69, 9.17) is 25.0 Å². The molecular formula is C19H17ClN3O3+. The smallest absolute Gasteiger partial charge is 0.282 e. The first kappa shape index (κ1) is 16.6. The fourth-order valence-electron chi connectivity index (χ4n) is 2.76. The Balaban J connectivity index is 1.50. The third-order valence-corrected chi connectivity index (χ3v) is 4.23. The van der Waals surface area contributed by atoms with Gasteiger partial charge in [0.15, 0.2) is 18.1 Å². The zero-order chi connectivity index (χ0) is 17.8. The van der Waals surface area contributed by atoms with Gasteiger partial charge in [-0.25, -0.2) is 0 Å². The normalized spacial score (nSPS) is 11.3. The van der Waals surface area contributed by atoms with E-state index >= 15 is 0 Å². The van der Waals surface area contributed by atoms with Crippen LogP contribution < -0.4 is 4.90 Å². The minimum absolute atomic E-state index is 0.548. The maximum absolute atomic E-state index is 5.92. The summed E-state index contributed by atoms with van der Waals surface area (Å²) in [5.74, 6) is 2.89. The largest absolute Gasteiger partial charge is 0.463 e. The molecule has 4 aromatic rings. The van der Waals surface area contributed by atoms with E-state index in [-0.39, 0.29) is 0 Å². The predicted molar refractivity (Wildman–Crippen MR) is 94.2 cm³/mol. The molecule has 7 heteroatoms. The fraction of sp³-hybridized carbons (Fsp3) is 0.158. The van der Waals surface area contributed by atoms with Gasteiger partial charge in [0.2, 0.25) is 5.82 Å². The maximum atomic E-state index is 5.92. The molecule has 1 N–H and O–H groups in total. The van der Waals surface area contributed by atoms with Crippen LogP contribution in [0, 0.1) is 0 Å². The second kappa shape index (κ2) is 7.59. The zero-order valence-corrected chi connectivity index (χ0v) is 14.6. The van der Waals surface area contributed by atoms with Crippen LogP contribution in [0.4, 0.5) is 0 Å². The lowest BCUT2D eigenvalue weighted by atomic mass is 10.2. The maximum Gasteiger partial charge on any atom is 0.282 e. The lowest BCUT2D eigenvalue weighted by Crippen LogP contribution is -3.08. The van der Waals surface area contributed by atoms with E-state index in [1.807, 2.05) is 36.4 Å². The van der Waals surface area contributed by atoms with E-state index in [0.29, 0.717) is 36.4 Å². The first-order valence-electron chi connectivity index (χ1n) is 8.23. The number of hydrogen-bond donors (Lipinski definition) is 1. The van der Waals surface area contributed by atoms with Gasteiger partial charge in [-0.2, -0.15) is 4.98 Å². The Morgan fingerprint density at radius 2 is 1.50 bits per heavy atom. The summed E-state index contributed by atoms with van der Waals surface area (Å²) in [5, 5.41) is 4.75. The molecule has 132 valence electrons. The number of nitrogens with zero attached hydrogens (tertiary/aromatic N) is 2. The van der Waals surface area contributed by atoms with Crippen molar-refractivity contribution in [3.05, 3.63) is 83.5 Å². The van der Waals surface area contributed by atoms with Crippen molar-refractivity contribution < 1.29 is 18.3 Å². The summed E-state index contributed by atoms with van der Waals surface area (Å²) in [7, 11) is 0. The van der Waals surface area contributed by atoms with Crippen molar-refractivity contribution in [3.8, 4) is 11.4 Å². The molecule has 0 amide bonds. The van der Waals surface area contributed by atoms with E-state index in [0.717, 1.165) is 17.1 Å². The second-order valence-electron chi connectivity index (χ2n) is 5.96. The molecule has 1 aromatic carbocycles. The van der Waals surface area contributed by atoms with Crippen LogP contribution in [0.15, 0.2) is 74.4 Å². The van der Waals surface area contributed by atoms with Crippen molar-refractivity contribution in [2.45, 2.75) is 19.6 Å². The summed E-state index contributed by atoms with van der Waals surface area (Å²) in [4.78, 5) is 5.67. The molecule has 0 saturated heterocycles. The minimum Gasteiger partial charge on any atom is -0.463 e. The van der Waals surface area contributed by atoms with E-state index in [1.165, 1.54) is 4.90 Å². The molecule has 0 radical (unpaired) electrons. The number of hydrogen-bond acceptors (Lipinski definition) is 5. The van der Waals surface area contributed by atoms with Crippen LogP contribution in [0.2, 0.25) is 5.02 Å². The number of benzene rings is 1. The quantitative estimate of drug-likeness (QED) is 0.540. The summed E-state index contributed by atoms with van der Waals surface area (Å²) < 4.78 is 16.4. The number of nitrogens with one attached hydrogen (secondary N) is 1. The van der Waals surface area contributed by atoms with Gasteiger partial charge in [0.05, 0.1) is 12.5 Å². The van der Waals surface area contributed by atoms with Gasteiger partial charge >= 0.3 is 0 Å². The average Bonchev–Trinajstić information content (AvgIpc) is 3.38. The van der Waals surface area contributed by atoms with Crippen molar-refractivity contribution in [2.24, 2.45) is 0 Å². The summed E-state index contributed by atoms with van der Waals surface area (Å²) in [6.07, 6.45) is 3.34. The van der Waals surface area contributed by atoms with Gasteiger partial charge in [0, 0.05) is 10.6 Å². The van der Waals surface area contributed by atoms with Gasteiger partial charge in [-0.05, 0) is 48.5 Å². The average molecular weight is 371 g/mol. The van der Waals surface area contributed by atoms with Crippen LogP contribution in [0.25, 0.3) is 11.4 Å². The Hall–Kier alpha value is -2.83. The Morgan fingerprint density at radius 3 is 2.08 bits per heavy atom. The van der Waals surface area contributed by atoms with Crippen LogP contribution >= 0.6 is 11.6 Å². The van der Waals surface area contributed by atoms with Gasteiger partial charge < -0.3 is 18.3 Å². The van der Waals surface area contributed by atoms with Crippen molar-refractivity contribution in [2.75, 3.05) is 0 Å². The lowest BCUT2D eigenvalue weighted by Gasteiger charge is -2.15. The number of rotatable bonds is 7. The van der Waals surface area contributed by atoms with E-state index in [1.54, 1.807) is 24.7 Å². The molecule has 0 aliphatic heterocycles. The summed E-state index contributed by atoms with van der Waals surface area (Å²) in [6.45, 7) is 1.93. The van der Waals surface area contributed by atoms with Crippen molar-refractivity contribution in [1.29, 1.82) is 0 Å². The van der Waals surface area contributed by atoms with Gasteiger partial charge in [-0.3, -0.25) is 0 Å². The molecule has 0 bridgehead atoms. The second-order valence-corrected chi connectivity index (χ2v) is 6.39. The number of aromatic nitrogens is 2. The third kappa shape index (κ3) is 4.04. The molecule has 0 unspecified atom stereocenters. The van der Waals surface area contributed by atoms with Crippen molar-refractivity contribution >= 4 is 11.6 Å². The third-order valence-electron chi connectivity index (χ3n) is 3.98. The highest BCUT2D eigenvalue weighted by Gasteiger charge is 2.19. The van der Waals surface area contributed by atoms with Crippen LogP contribution in [0.1, 0.15) is 17.4 Å². The number of halogens is 1. The zero-order valence-electron chi connectivity index (χ0n) is 13.9. The summed E-state index contributed by atoms with van der Waals surface area (Å²) in [5.41, 5.74) is 0.864. The van der Waals surface area contributed by atoms with Crippen LogP contribution in [0.5, 0.6) is 0 Å². The van der Waals surface area contributed by atoms with Crippen LogP contribution in [-0.2, 0) is 19.6 Å². The fourth-order valence-corrected chi connectivity index (χ4v) is 2.89. The van der Waals surface area contributed by atoms with E-state index < -0.39 is 0 Å². The standard InChI is InChI=1S/C19H16ClN3O3/c20-15-7-5-14(6-8-15)19-21-18(26-22-19)13-23(11-16-3-1-9-24-16)12-17-4-2-10-25-17/h1-10H,11-13H2/p+1. The minimum atomic E-state index is 0.548. The molecule has 3 heterocycles. The molecule has 4 rings (SSSR count). The molecule has 0 aliphatic carbocycles. The summed E-state index contributed by atoms with van der Waals surface area (Å²) in [6, 6.07) is 15.0. The molecule has 26 heavy (non-hydrogen) atoms. The molecule has 0 spiro atoms. The molecule has 3 aromatic heterocycles. The van der Waals surface area contributed by atoms with Gasteiger partial charge in [0.1, 0.15) is 13.1 Å². The first-order valence-corrected chi connectivity index (χ1v) is 8.61. The number of furan rings is 2. The van der Waals surface area contributed by atoms with Gasteiger partial charge in [-0.15, -0.1) is 0 Å². The molecule has 6 nitrogen and oxygen atoms in total. The first-order chi connectivity index (χ1) is 12.8. The SMILES string of the molecule is Clc1ccc(-c2noc(C[NH+](Cc3ccco3)Cc3ccco3)n2)cc1. The molecule has 0 atom stereocenters. The van der Waals surface area contributed by atoms with Crippen molar-refractivity contribution in [3.63, 3.8) is 0 Å². The van der Waals surface area contributed by atoms with E-state index in [9.17, 15) is 0 Å². The molecular weight excluding hydrogens is 354 g/mol. The van der Waals surface area contributed by atoms with Crippen LogP contribution in [0.3, 0.4) is 0 Å². The van der Waals surface area contributed by atoms with Gasteiger partial charge in [0.25, 0.3) is 5.89 Å². The highest BCUT2D eigenvalue weighted by molar-refractivity contribution is 6.30. The highest BCUT2D eigenvalue weighted by Crippen LogP contribution is 2.18. The topological polar surface area (TPSA) is 69.6 Å². The monoisotopic (exact) mass is 370 g/mol. The summed E-state index contributed by atoms with van der Waals surface area (Å²) >= 11 is 5.92. The molecule has 0 saturated carbocycles. The Labute approximate surface area is 155 Å². The van der Waals surface area contributed by atoms with Gasteiger partial charge in [-0.1, -0.05) is 16.8 Å². The Kier molecular flexibility index (Phi) is 4.86.